The number of nitrogens with zero attached hydrogens (tertiary/aromatic N) is 3. The van der Waals surface area contributed by atoms with Crippen molar-refractivity contribution in [2.75, 3.05) is 11.5 Å². The highest BCUT2D eigenvalue weighted by molar-refractivity contribution is 8.00. The Morgan fingerprint density at radius 2 is 1.93 bits per heavy atom. The highest BCUT2D eigenvalue weighted by Gasteiger charge is 2.55. The first kappa shape index (κ1) is 28.1. The van der Waals surface area contributed by atoms with E-state index in [1.54, 1.807) is 6.92 Å². The largest absolute Gasteiger partial charge is 0.477 e. The van der Waals surface area contributed by atoms with Crippen molar-refractivity contribution in [1.82, 2.24) is 30.7 Å². The van der Waals surface area contributed by atoms with Gasteiger partial charge in [0.05, 0.1) is 4.86 Å². The fraction of sp³-hybridized carbons (Fsp3) is 0.200. The summed E-state index contributed by atoms with van der Waals surface area (Å²) in [4.78, 5) is 68.0. The second-order valence-electron chi connectivity index (χ2n) is 8.98. The van der Waals surface area contributed by atoms with Gasteiger partial charge in [0.2, 0.25) is 5.91 Å². The third-order valence-electron chi connectivity index (χ3n) is 6.34. The number of carbonyl (C=O) groups excluding carboxylic acids is 3. The minimum Gasteiger partial charge on any atom is -0.477 e. The van der Waals surface area contributed by atoms with E-state index in [1.807, 2.05) is 0 Å². The van der Waals surface area contributed by atoms with Crippen molar-refractivity contribution in [2.24, 2.45) is 0 Å². The lowest BCUT2D eigenvalue weighted by Crippen LogP contribution is -2.71. The number of carbonyl (C=O) groups is 4. The van der Waals surface area contributed by atoms with Gasteiger partial charge in [0, 0.05) is 35.5 Å². The number of thiocarbonyl (C=S) groups is 1. The van der Waals surface area contributed by atoms with E-state index in [4.69, 9.17) is 18.0 Å². The Hall–Kier alpha value is -4.41. The molecule has 5 rings (SSSR count). The number of aromatic amines is 1. The second-order valence-corrected chi connectivity index (χ2v) is 11.7. The van der Waals surface area contributed by atoms with E-state index in [0.717, 1.165) is 4.90 Å². The Labute approximate surface area is 245 Å². The molecule has 2 unspecified atom stereocenters. The molecule has 2 aliphatic heterocycles. The number of aromatic nitrogens is 3. The van der Waals surface area contributed by atoms with Gasteiger partial charge in [0.15, 0.2) is 10.4 Å². The van der Waals surface area contributed by atoms with Crippen LogP contribution in [0.15, 0.2) is 58.8 Å². The van der Waals surface area contributed by atoms with E-state index in [2.05, 4.69) is 25.8 Å². The summed E-state index contributed by atoms with van der Waals surface area (Å²) in [5.74, 6) is -3.37. The maximum Gasteiger partial charge on any atom is 0.353 e. The fourth-order valence-corrected chi connectivity index (χ4v) is 6.78. The maximum atomic E-state index is 13.5. The summed E-state index contributed by atoms with van der Waals surface area (Å²) in [6.45, 7) is 1.74. The number of H-pyrrole nitrogens is 1. The molecule has 3 amide bonds. The van der Waals surface area contributed by atoms with E-state index in [0.29, 0.717) is 21.3 Å². The van der Waals surface area contributed by atoms with Crippen LogP contribution in [0.2, 0.25) is 0 Å². The molecule has 16 heteroatoms. The molecule has 0 aliphatic carbocycles. The van der Waals surface area contributed by atoms with Crippen LogP contribution < -0.4 is 21.8 Å². The number of pyridine rings is 1. The minimum absolute atomic E-state index is 0.162. The van der Waals surface area contributed by atoms with Crippen molar-refractivity contribution in [2.45, 2.75) is 24.4 Å². The molecule has 0 radical (unpaired) electrons. The van der Waals surface area contributed by atoms with Gasteiger partial charge in [-0.3, -0.25) is 24.1 Å². The third kappa shape index (κ3) is 5.36. The Morgan fingerprint density at radius 3 is 2.56 bits per heavy atom. The van der Waals surface area contributed by atoms with Gasteiger partial charge in [0.25, 0.3) is 11.8 Å². The molecule has 6 N–H and O–H groups in total. The predicted octanol–water partition coefficient (Wildman–Crippen LogP) is 0.745. The van der Waals surface area contributed by atoms with E-state index in [9.17, 15) is 29.1 Å². The molecule has 2 aromatic heterocycles. The Bertz CT molecular complexity index is 1680. The van der Waals surface area contributed by atoms with Crippen molar-refractivity contribution >= 4 is 69.6 Å². The minimum atomic E-state index is -1.34. The molecule has 0 bridgehead atoms. The predicted molar refractivity (Wildman–Crippen MR) is 154 cm³/mol. The van der Waals surface area contributed by atoms with Gasteiger partial charge in [-0.25, -0.2) is 4.79 Å². The molecule has 4 heterocycles. The average molecular weight is 612 g/mol. The lowest BCUT2D eigenvalue weighted by atomic mass is 9.99. The van der Waals surface area contributed by atoms with E-state index in [-0.39, 0.29) is 27.5 Å². The van der Waals surface area contributed by atoms with Crippen LogP contribution in [0, 0.1) is 6.92 Å². The number of rotatable bonds is 8. The summed E-state index contributed by atoms with van der Waals surface area (Å²) in [6, 6.07) is 4.95. The Kier molecular flexibility index (Phi) is 7.70. The number of nitrogens with one attached hydrogen (secondary N) is 3. The molecular formula is C25H21N7O6S3. The molecular weight excluding hydrogens is 591 g/mol. The van der Waals surface area contributed by atoms with Crippen molar-refractivity contribution in [3.8, 4) is 0 Å². The molecule has 0 spiro atoms. The van der Waals surface area contributed by atoms with Crippen LogP contribution in [-0.2, 0) is 14.4 Å². The number of hydrogen-bond donors (Lipinski definition) is 5. The zero-order valence-corrected chi connectivity index (χ0v) is 23.6. The standard InChI is InChI=1S/C25H21N7O6S3/c1-10-30-31-22(41-10)19(39)14-9-40-24-17(23(36)32(24)18(14)25(37)38)29-21(35)16(11-2-4-12(26)5-3-11)28-20(34)13-8-27-7-6-15(13)33/h2-8,16-17,24H,9,26H2,1H3,(H,27,33)(H,28,34)(H,29,35)(H,37,38)/t16?,17?,24-/m0/s1. The van der Waals surface area contributed by atoms with Crippen LogP contribution in [0.3, 0.4) is 0 Å². The number of fused-ring (bicyclic) bond motifs is 1. The van der Waals surface area contributed by atoms with Gasteiger partial charge >= 0.3 is 5.97 Å². The lowest BCUT2D eigenvalue weighted by molar-refractivity contribution is -0.150. The SMILES string of the molecule is Cc1nnc(C(=S)C2=C(C(=O)O)N3C(=O)C(NC(=O)C(NC(=O)c4c[nH]ccc4=O)c4ccc(N)cc4)[C@@H]3SC2)s1. The van der Waals surface area contributed by atoms with Gasteiger partial charge in [-0.05, 0) is 24.6 Å². The van der Waals surface area contributed by atoms with E-state index >= 15 is 0 Å². The van der Waals surface area contributed by atoms with Gasteiger partial charge < -0.3 is 26.5 Å². The maximum absolute atomic E-state index is 13.5. The number of anilines is 1. The second kappa shape index (κ2) is 11.2. The van der Waals surface area contributed by atoms with Crippen LogP contribution >= 0.6 is 35.3 Å². The number of benzene rings is 1. The van der Waals surface area contributed by atoms with Gasteiger partial charge in [0.1, 0.15) is 33.7 Å². The van der Waals surface area contributed by atoms with E-state index in [1.165, 1.54) is 65.8 Å². The number of carboxylic acids is 1. The molecule has 1 fully saturated rings. The lowest BCUT2D eigenvalue weighted by Gasteiger charge is -2.49. The Balaban J connectivity index is 1.39. The number of β-lactam (4-membered cyclic amide) rings is 1. The smallest absolute Gasteiger partial charge is 0.353 e. The van der Waals surface area contributed by atoms with Crippen LogP contribution in [0.4, 0.5) is 5.69 Å². The van der Waals surface area contributed by atoms with Crippen molar-refractivity contribution in [1.29, 1.82) is 0 Å². The van der Waals surface area contributed by atoms with Gasteiger partial charge in [-0.2, -0.15) is 0 Å². The fourth-order valence-electron chi connectivity index (χ4n) is 4.34. The van der Waals surface area contributed by atoms with Crippen LogP contribution in [-0.4, -0.2) is 70.9 Å². The molecule has 1 aromatic carbocycles. The van der Waals surface area contributed by atoms with E-state index < -0.39 is 46.6 Å². The highest BCUT2D eigenvalue weighted by atomic mass is 32.2. The zero-order valence-electron chi connectivity index (χ0n) is 21.1. The summed E-state index contributed by atoms with van der Waals surface area (Å²) in [6.07, 6.45) is 2.58. The molecule has 1 saturated heterocycles. The van der Waals surface area contributed by atoms with Crippen LogP contribution in [0.5, 0.6) is 0 Å². The summed E-state index contributed by atoms with van der Waals surface area (Å²) < 4.78 is 0. The molecule has 13 nitrogen and oxygen atoms in total. The molecule has 2 aliphatic rings. The number of nitrogens with two attached hydrogens (primary N) is 1. The van der Waals surface area contributed by atoms with Crippen LogP contribution in [0.25, 0.3) is 0 Å². The number of amides is 3. The number of aliphatic carboxylic acids is 1. The molecule has 3 aromatic rings. The number of aryl methyl sites for hydroxylation is 1. The monoisotopic (exact) mass is 611 g/mol. The zero-order chi connectivity index (χ0) is 29.4. The first-order valence-electron chi connectivity index (χ1n) is 12.0. The highest BCUT2D eigenvalue weighted by Crippen LogP contribution is 2.41. The number of thioether (sulfide) groups is 1. The van der Waals surface area contributed by atoms with Crippen molar-refractivity contribution < 1.29 is 24.3 Å². The number of nitrogen functional groups attached to an aromatic ring is 1. The van der Waals surface area contributed by atoms with Crippen molar-refractivity contribution in [3.05, 3.63) is 85.4 Å². The Morgan fingerprint density at radius 1 is 1.20 bits per heavy atom. The first-order chi connectivity index (χ1) is 19.6. The molecule has 0 saturated carbocycles. The summed E-state index contributed by atoms with van der Waals surface area (Å²) in [7, 11) is 0. The van der Waals surface area contributed by atoms with Crippen LogP contribution in [0.1, 0.15) is 32.0 Å². The van der Waals surface area contributed by atoms with Gasteiger partial charge in [-0.15, -0.1) is 22.0 Å². The number of hydrogen-bond acceptors (Lipinski definition) is 11. The quantitative estimate of drug-likeness (QED) is 0.104. The summed E-state index contributed by atoms with van der Waals surface area (Å²) in [5.41, 5.74) is 5.78. The average Bonchev–Trinajstić information content (AvgIpc) is 3.40. The first-order valence-corrected chi connectivity index (χ1v) is 14.2. The summed E-state index contributed by atoms with van der Waals surface area (Å²) >= 11 is 7.93. The summed E-state index contributed by atoms with van der Waals surface area (Å²) in [5, 5.41) is 23.4. The number of carboxylic acid groups (broad SMARTS) is 1. The molecule has 41 heavy (non-hydrogen) atoms. The topological polar surface area (TPSA) is 200 Å². The molecule has 3 atom stereocenters. The van der Waals surface area contributed by atoms with Gasteiger partial charge in [-0.1, -0.05) is 35.7 Å². The normalized spacial score (nSPS) is 18.7. The molecule has 210 valence electrons. The third-order valence-corrected chi connectivity index (χ3v) is 9.04. The van der Waals surface area contributed by atoms with Crippen molar-refractivity contribution in [3.63, 3.8) is 0 Å².